The number of amides is 1. The van der Waals surface area contributed by atoms with Gasteiger partial charge in [0.15, 0.2) is 16.6 Å². The predicted octanol–water partition coefficient (Wildman–Crippen LogP) is 4.41. The van der Waals surface area contributed by atoms with E-state index in [1.54, 1.807) is 42.6 Å². The summed E-state index contributed by atoms with van der Waals surface area (Å²) < 4.78 is 17.5. The highest BCUT2D eigenvalue weighted by Crippen LogP contribution is 2.35. The molecule has 1 aromatic heterocycles. The van der Waals surface area contributed by atoms with Crippen molar-refractivity contribution in [2.24, 2.45) is 0 Å². The van der Waals surface area contributed by atoms with Gasteiger partial charge in [0.25, 0.3) is 5.91 Å². The summed E-state index contributed by atoms with van der Waals surface area (Å²) in [5.74, 6) is 0.834. The van der Waals surface area contributed by atoms with E-state index < -0.39 is 0 Å². The molecule has 0 bridgehead atoms. The highest BCUT2D eigenvalue weighted by Gasteiger charge is 2.26. The second-order valence-corrected chi connectivity index (χ2v) is 8.78. The molecule has 33 heavy (non-hydrogen) atoms. The first-order valence-corrected chi connectivity index (χ1v) is 11.6. The number of nitrogens with zero attached hydrogens (tertiary/aromatic N) is 3. The van der Waals surface area contributed by atoms with Gasteiger partial charge in [-0.15, -0.1) is 12.4 Å². The van der Waals surface area contributed by atoms with Gasteiger partial charge < -0.3 is 14.2 Å². The highest BCUT2D eigenvalue weighted by atomic mass is 35.5. The number of rotatable bonds is 8. The zero-order chi connectivity index (χ0) is 22.5. The first kappa shape index (κ1) is 25.2. The average molecular weight is 492 g/mol. The quantitative estimate of drug-likeness (QED) is 0.465. The monoisotopic (exact) mass is 491 g/mol. The van der Waals surface area contributed by atoms with Crippen molar-refractivity contribution in [3.05, 3.63) is 47.5 Å². The fourth-order valence-corrected chi connectivity index (χ4v) is 4.99. The molecule has 0 unspecified atom stereocenters. The van der Waals surface area contributed by atoms with Crippen molar-refractivity contribution in [1.82, 2.24) is 9.88 Å². The lowest BCUT2D eigenvalue weighted by molar-refractivity contribution is 0.0376. The molecule has 1 aliphatic rings. The first-order valence-electron chi connectivity index (χ1n) is 10.8. The Morgan fingerprint density at radius 1 is 1.18 bits per heavy atom. The number of aromatic nitrogens is 1. The van der Waals surface area contributed by atoms with Gasteiger partial charge in [-0.1, -0.05) is 23.5 Å². The summed E-state index contributed by atoms with van der Waals surface area (Å²) in [6, 6.07) is 11.5. The Hall–Kier alpha value is -2.39. The number of aryl methyl sites for hydroxylation is 1. The number of para-hydroxylation sites is 1. The lowest BCUT2D eigenvalue weighted by Crippen LogP contribution is -2.39. The van der Waals surface area contributed by atoms with Crippen LogP contribution in [0.15, 0.2) is 36.4 Å². The van der Waals surface area contributed by atoms with Crippen molar-refractivity contribution in [1.29, 1.82) is 0 Å². The molecule has 0 N–H and O–H groups in total. The minimum atomic E-state index is -0.140. The molecule has 4 rings (SSSR count). The van der Waals surface area contributed by atoms with Crippen LogP contribution in [0, 0.1) is 6.92 Å². The van der Waals surface area contributed by atoms with Gasteiger partial charge in [0, 0.05) is 26.2 Å². The summed E-state index contributed by atoms with van der Waals surface area (Å²) in [6.07, 6.45) is 0.840. The van der Waals surface area contributed by atoms with Crippen LogP contribution in [-0.2, 0) is 4.74 Å². The van der Waals surface area contributed by atoms with Crippen molar-refractivity contribution < 1.29 is 19.0 Å². The van der Waals surface area contributed by atoms with Crippen LogP contribution >= 0.6 is 23.7 Å². The fourth-order valence-electron chi connectivity index (χ4n) is 3.90. The highest BCUT2D eigenvalue weighted by molar-refractivity contribution is 7.22. The number of ether oxygens (including phenoxy) is 3. The number of morpholine rings is 1. The number of carbonyl (C=O) groups excluding carboxylic acids is 1. The van der Waals surface area contributed by atoms with Gasteiger partial charge in [0.2, 0.25) is 0 Å². The summed E-state index contributed by atoms with van der Waals surface area (Å²) in [4.78, 5) is 22.7. The van der Waals surface area contributed by atoms with Crippen molar-refractivity contribution in [2.75, 3.05) is 58.5 Å². The number of benzene rings is 2. The largest absolute Gasteiger partial charge is 0.493 e. The molecule has 3 aromatic rings. The van der Waals surface area contributed by atoms with E-state index in [4.69, 9.17) is 19.2 Å². The van der Waals surface area contributed by atoms with Crippen LogP contribution in [0.4, 0.5) is 5.13 Å². The molecule has 2 heterocycles. The van der Waals surface area contributed by atoms with Gasteiger partial charge in [-0.25, -0.2) is 4.98 Å². The maximum atomic E-state index is 13.7. The van der Waals surface area contributed by atoms with Crippen LogP contribution in [0.3, 0.4) is 0 Å². The number of halogens is 1. The number of hydrogen-bond donors (Lipinski definition) is 0. The molecule has 0 atom stereocenters. The molecule has 0 saturated carbocycles. The van der Waals surface area contributed by atoms with E-state index in [9.17, 15) is 4.79 Å². The first-order chi connectivity index (χ1) is 15.6. The number of thiazole rings is 1. The van der Waals surface area contributed by atoms with E-state index in [-0.39, 0.29) is 18.3 Å². The molecule has 0 radical (unpaired) electrons. The summed E-state index contributed by atoms with van der Waals surface area (Å²) in [5.41, 5.74) is 2.54. The molecule has 7 nitrogen and oxygen atoms in total. The van der Waals surface area contributed by atoms with Gasteiger partial charge in [0.05, 0.1) is 43.2 Å². The Morgan fingerprint density at radius 3 is 2.70 bits per heavy atom. The van der Waals surface area contributed by atoms with E-state index in [2.05, 4.69) is 17.9 Å². The molecule has 0 spiro atoms. The van der Waals surface area contributed by atoms with E-state index in [1.807, 2.05) is 18.2 Å². The fraction of sp³-hybridized carbons (Fsp3) is 0.417. The third-order valence-corrected chi connectivity index (χ3v) is 6.64. The standard InChI is InChI=1S/C24H29N3O4S.ClH/c1-17-8-9-19-21(16-17)32-24(25-19)27(11-5-10-26-12-14-31-15-13-26)23(28)18-6-4-7-20(29-2)22(18)30-3;/h4,6-9,16H,5,10-15H2,1-3H3;1H. The van der Waals surface area contributed by atoms with Crippen molar-refractivity contribution in [3.63, 3.8) is 0 Å². The molecule has 178 valence electrons. The lowest BCUT2D eigenvalue weighted by atomic mass is 10.1. The van der Waals surface area contributed by atoms with Crippen molar-refractivity contribution in [3.8, 4) is 11.5 Å². The Morgan fingerprint density at radius 2 is 1.97 bits per heavy atom. The van der Waals surface area contributed by atoms with Gasteiger partial charge in [-0.2, -0.15) is 0 Å². The number of anilines is 1. The summed E-state index contributed by atoms with van der Waals surface area (Å²) >= 11 is 1.54. The molecular formula is C24H30ClN3O4S. The second-order valence-electron chi connectivity index (χ2n) is 7.77. The molecule has 1 fully saturated rings. The zero-order valence-electron chi connectivity index (χ0n) is 19.2. The SMILES string of the molecule is COc1cccc(C(=O)N(CCCN2CCOCC2)c2nc3ccc(C)cc3s2)c1OC.Cl. The molecule has 2 aromatic carbocycles. The second kappa shape index (κ2) is 11.7. The Labute approximate surface area is 204 Å². The maximum Gasteiger partial charge on any atom is 0.263 e. The van der Waals surface area contributed by atoms with Gasteiger partial charge in [-0.3, -0.25) is 14.6 Å². The molecule has 1 saturated heterocycles. The number of carbonyl (C=O) groups is 1. The molecular weight excluding hydrogens is 462 g/mol. The third kappa shape index (κ3) is 5.76. The predicted molar refractivity (Wildman–Crippen MR) is 135 cm³/mol. The number of hydrogen-bond acceptors (Lipinski definition) is 7. The Bertz CT molecular complexity index is 1080. The zero-order valence-corrected chi connectivity index (χ0v) is 20.8. The van der Waals surface area contributed by atoms with Gasteiger partial charge in [0.1, 0.15) is 0 Å². The van der Waals surface area contributed by atoms with Gasteiger partial charge in [-0.05, 0) is 43.2 Å². The van der Waals surface area contributed by atoms with Crippen LogP contribution in [0.2, 0.25) is 0 Å². The topological polar surface area (TPSA) is 64.1 Å². The summed E-state index contributed by atoms with van der Waals surface area (Å²) in [5, 5.41) is 0.697. The molecule has 9 heteroatoms. The van der Waals surface area contributed by atoms with Gasteiger partial charge >= 0.3 is 0 Å². The Kier molecular flexibility index (Phi) is 8.91. The van der Waals surface area contributed by atoms with Crippen LogP contribution < -0.4 is 14.4 Å². The van der Waals surface area contributed by atoms with Crippen molar-refractivity contribution in [2.45, 2.75) is 13.3 Å². The minimum absolute atomic E-state index is 0. The summed E-state index contributed by atoms with van der Waals surface area (Å²) in [7, 11) is 3.12. The van der Waals surface area contributed by atoms with E-state index >= 15 is 0 Å². The van der Waals surface area contributed by atoms with Crippen LogP contribution in [-0.4, -0.2) is 69.4 Å². The smallest absolute Gasteiger partial charge is 0.263 e. The van der Waals surface area contributed by atoms with E-state index in [0.29, 0.717) is 28.7 Å². The van der Waals surface area contributed by atoms with Crippen LogP contribution in [0.5, 0.6) is 11.5 Å². The number of fused-ring (bicyclic) bond motifs is 1. The normalized spacial score (nSPS) is 14.0. The number of methoxy groups -OCH3 is 2. The van der Waals surface area contributed by atoms with E-state index in [0.717, 1.165) is 49.5 Å². The molecule has 1 amide bonds. The minimum Gasteiger partial charge on any atom is -0.493 e. The molecule has 0 aliphatic carbocycles. The van der Waals surface area contributed by atoms with Crippen LogP contribution in [0.25, 0.3) is 10.2 Å². The van der Waals surface area contributed by atoms with E-state index in [1.165, 1.54) is 5.56 Å². The maximum absolute atomic E-state index is 13.7. The third-order valence-electron chi connectivity index (χ3n) is 5.60. The van der Waals surface area contributed by atoms with Crippen molar-refractivity contribution >= 4 is 45.0 Å². The Balaban J connectivity index is 0.00000306. The summed E-state index contributed by atoms with van der Waals surface area (Å²) in [6.45, 7) is 6.92. The van der Waals surface area contributed by atoms with Crippen LogP contribution in [0.1, 0.15) is 22.3 Å². The molecule has 1 aliphatic heterocycles. The average Bonchev–Trinajstić information content (AvgIpc) is 3.24. The lowest BCUT2D eigenvalue weighted by Gasteiger charge is -2.28.